The zero-order valence-corrected chi connectivity index (χ0v) is 23.1. The third-order valence-electron chi connectivity index (χ3n) is 6.96. The number of carbonyl (C=O) groups excluding carboxylic acids is 3. The number of aryl methyl sites for hydroxylation is 1. The van der Waals surface area contributed by atoms with Crippen molar-refractivity contribution in [3.63, 3.8) is 0 Å². The highest BCUT2D eigenvalue weighted by Crippen LogP contribution is 2.33. The smallest absolute Gasteiger partial charge is 0.264 e. The van der Waals surface area contributed by atoms with E-state index in [4.69, 9.17) is 4.74 Å². The van der Waals surface area contributed by atoms with Gasteiger partial charge in [0.05, 0.1) is 18.4 Å². The van der Waals surface area contributed by atoms with Crippen molar-refractivity contribution in [3.05, 3.63) is 75.7 Å². The number of fused-ring (bicyclic) bond motifs is 5. The maximum absolute atomic E-state index is 13.1. The van der Waals surface area contributed by atoms with Crippen LogP contribution < -0.4 is 20.9 Å². The van der Waals surface area contributed by atoms with Crippen molar-refractivity contribution >= 4 is 17.7 Å². The fourth-order valence-electron chi connectivity index (χ4n) is 4.72. The lowest BCUT2D eigenvalue weighted by Gasteiger charge is -2.23. The Morgan fingerprint density at radius 2 is 1.78 bits per heavy atom. The van der Waals surface area contributed by atoms with E-state index >= 15 is 0 Å². The lowest BCUT2D eigenvalue weighted by molar-refractivity contribution is -0.131. The van der Waals surface area contributed by atoms with Crippen molar-refractivity contribution in [1.82, 2.24) is 25.7 Å². The molecule has 3 aromatic rings. The number of nitrogens with zero attached hydrogens (tertiary/aromatic N) is 2. The number of aromatic hydroxyl groups is 1. The summed E-state index contributed by atoms with van der Waals surface area (Å²) in [6.45, 7) is 1.54. The highest BCUT2D eigenvalue weighted by molar-refractivity contribution is 5.98. The minimum atomic E-state index is -0.325. The van der Waals surface area contributed by atoms with Crippen LogP contribution in [0.15, 0.2) is 53.3 Å². The summed E-state index contributed by atoms with van der Waals surface area (Å²) >= 11 is 0. The summed E-state index contributed by atoms with van der Waals surface area (Å²) in [5.41, 5.74) is 2.80. The number of hydrogen-bond donors (Lipinski definition) is 4. The van der Waals surface area contributed by atoms with Crippen molar-refractivity contribution in [2.75, 3.05) is 33.3 Å². The molecule has 0 unspecified atom stereocenters. The van der Waals surface area contributed by atoms with Crippen LogP contribution in [-0.4, -0.2) is 71.2 Å². The second-order valence-electron chi connectivity index (χ2n) is 9.87. The Labute approximate surface area is 237 Å². The van der Waals surface area contributed by atoms with Gasteiger partial charge in [0.15, 0.2) is 0 Å². The van der Waals surface area contributed by atoms with Crippen LogP contribution in [-0.2, 0) is 22.4 Å². The number of aromatic nitrogens is 2. The third kappa shape index (κ3) is 8.17. The molecular formula is C30H35N5O6. The van der Waals surface area contributed by atoms with E-state index in [2.05, 4.69) is 20.8 Å². The van der Waals surface area contributed by atoms with Gasteiger partial charge in [0.1, 0.15) is 11.5 Å². The predicted octanol–water partition coefficient (Wildman–Crippen LogP) is 2.18. The number of nitrogens with one attached hydrogen (secondary N) is 3. The number of aromatic amines is 1. The van der Waals surface area contributed by atoms with Gasteiger partial charge in [-0.2, -0.15) is 5.10 Å². The van der Waals surface area contributed by atoms with Crippen molar-refractivity contribution in [2.24, 2.45) is 0 Å². The minimum Gasteiger partial charge on any atom is -0.507 e. The van der Waals surface area contributed by atoms with Crippen LogP contribution in [0.1, 0.15) is 47.3 Å². The van der Waals surface area contributed by atoms with E-state index in [-0.39, 0.29) is 41.9 Å². The number of benzene rings is 2. The molecule has 0 spiro atoms. The number of phenolic OH excluding ortho intramolecular Hbond substituents is 1. The summed E-state index contributed by atoms with van der Waals surface area (Å²) in [5.74, 6) is -0.0264. The molecule has 0 atom stereocenters. The Morgan fingerprint density at radius 3 is 2.56 bits per heavy atom. The van der Waals surface area contributed by atoms with Crippen molar-refractivity contribution in [3.8, 4) is 22.6 Å². The predicted molar refractivity (Wildman–Crippen MR) is 153 cm³/mol. The quantitative estimate of drug-likeness (QED) is 0.381. The summed E-state index contributed by atoms with van der Waals surface area (Å²) in [7, 11) is 1.49. The first-order chi connectivity index (χ1) is 19.8. The molecule has 2 heterocycles. The molecule has 4 bridgehead atoms. The number of carbonyl (C=O) groups is 3. The Morgan fingerprint density at radius 1 is 0.951 bits per heavy atom. The summed E-state index contributed by atoms with van der Waals surface area (Å²) in [6, 6.07) is 13.4. The normalized spacial score (nSPS) is 15.1. The number of rotatable bonds is 4. The number of ether oxygens (including phenoxy) is 1. The molecule has 3 amide bonds. The molecule has 4 N–H and O–H groups in total. The second-order valence-corrected chi connectivity index (χ2v) is 9.87. The Bertz CT molecular complexity index is 1430. The van der Waals surface area contributed by atoms with Gasteiger partial charge >= 0.3 is 0 Å². The molecule has 41 heavy (non-hydrogen) atoms. The van der Waals surface area contributed by atoms with Gasteiger partial charge in [-0.05, 0) is 60.7 Å². The van der Waals surface area contributed by atoms with Gasteiger partial charge in [0.25, 0.3) is 11.5 Å². The molecule has 0 fully saturated rings. The van der Waals surface area contributed by atoms with Crippen LogP contribution >= 0.6 is 0 Å². The van der Waals surface area contributed by atoms with Gasteiger partial charge in [0.2, 0.25) is 11.8 Å². The van der Waals surface area contributed by atoms with Crippen LogP contribution in [0.3, 0.4) is 0 Å². The molecule has 11 nitrogen and oxygen atoms in total. The van der Waals surface area contributed by atoms with Crippen molar-refractivity contribution < 1.29 is 24.2 Å². The zero-order valence-electron chi connectivity index (χ0n) is 23.1. The largest absolute Gasteiger partial charge is 0.507 e. The Kier molecular flexibility index (Phi) is 10.1. The molecular weight excluding hydrogens is 526 g/mol. The summed E-state index contributed by atoms with van der Waals surface area (Å²) in [6.07, 6.45) is 2.40. The van der Waals surface area contributed by atoms with Crippen molar-refractivity contribution in [1.29, 1.82) is 0 Å². The third-order valence-corrected chi connectivity index (χ3v) is 6.96. The number of amides is 3. The molecule has 2 aromatic carbocycles. The molecule has 0 aliphatic carbocycles. The average molecular weight is 562 g/mol. The molecule has 0 saturated heterocycles. The topological polar surface area (TPSA) is 154 Å². The molecule has 0 radical (unpaired) electrons. The SMILES string of the molecule is COc1ccc2cc1C(=O)NCCCN(C(=O)CCc1ccc(=O)[nH]n1)CCCC(=O)NCCc1ccc(O)c-2c1. The second kappa shape index (κ2) is 14.1. The first kappa shape index (κ1) is 29.3. The summed E-state index contributed by atoms with van der Waals surface area (Å²) in [5, 5.41) is 22.7. The first-order valence-corrected chi connectivity index (χ1v) is 13.7. The van der Waals surface area contributed by atoms with Crippen LogP contribution in [0.25, 0.3) is 11.1 Å². The number of methoxy groups -OCH3 is 1. The van der Waals surface area contributed by atoms with E-state index in [1.165, 1.54) is 13.2 Å². The molecule has 4 rings (SSSR count). The van der Waals surface area contributed by atoms with E-state index in [1.807, 2.05) is 6.07 Å². The van der Waals surface area contributed by atoms with Gasteiger partial charge in [-0.3, -0.25) is 19.2 Å². The van der Waals surface area contributed by atoms with Crippen LogP contribution in [0.5, 0.6) is 11.5 Å². The summed E-state index contributed by atoms with van der Waals surface area (Å²) in [4.78, 5) is 51.6. The molecule has 216 valence electrons. The van der Waals surface area contributed by atoms with E-state index in [0.717, 1.165) is 5.56 Å². The van der Waals surface area contributed by atoms with Crippen LogP contribution in [0, 0.1) is 0 Å². The summed E-state index contributed by atoms with van der Waals surface area (Å²) < 4.78 is 5.42. The lowest BCUT2D eigenvalue weighted by atomic mass is 9.98. The fraction of sp³-hybridized carbons (Fsp3) is 0.367. The van der Waals surface area contributed by atoms with Crippen LogP contribution in [0.4, 0.5) is 0 Å². The van der Waals surface area contributed by atoms with Gasteiger partial charge in [-0.25, -0.2) is 5.10 Å². The van der Waals surface area contributed by atoms with E-state index in [0.29, 0.717) is 80.0 Å². The minimum absolute atomic E-state index is 0.0845. The number of phenols is 1. The highest BCUT2D eigenvalue weighted by atomic mass is 16.5. The van der Waals surface area contributed by atoms with Gasteiger partial charge in [0, 0.05) is 57.1 Å². The monoisotopic (exact) mass is 561 g/mol. The van der Waals surface area contributed by atoms with Gasteiger partial charge < -0.3 is 25.4 Å². The average Bonchev–Trinajstić information content (AvgIpc) is 2.98. The highest BCUT2D eigenvalue weighted by Gasteiger charge is 2.18. The van der Waals surface area contributed by atoms with Crippen LogP contribution in [0.2, 0.25) is 0 Å². The van der Waals surface area contributed by atoms with E-state index in [9.17, 15) is 24.3 Å². The van der Waals surface area contributed by atoms with E-state index < -0.39 is 0 Å². The number of H-pyrrole nitrogens is 1. The maximum atomic E-state index is 13.1. The fourth-order valence-corrected chi connectivity index (χ4v) is 4.72. The molecule has 1 aromatic heterocycles. The first-order valence-electron chi connectivity index (χ1n) is 13.7. The molecule has 1 aliphatic rings. The Balaban J connectivity index is 1.50. The Hall–Kier alpha value is -4.67. The lowest BCUT2D eigenvalue weighted by Crippen LogP contribution is -2.36. The maximum Gasteiger partial charge on any atom is 0.264 e. The standard InChI is InChI=1S/C30H35N5O6/c1-41-26-10-6-21-19-24(26)30(40)32-14-3-17-35(29(39)12-8-22-7-11-28(38)34-33-22)16-2-4-27(37)31-15-13-20-5-9-25(36)23(21)18-20/h5-7,9-11,18-19,36H,2-4,8,12-17H2,1H3,(H,31,37)(H,32,40)(H,34,38). The molecule has 0 saturated carbocycles. The molecule has 11 heteroatoms. The number of hydrogen-bond acceptors (Lipinski definition) is 7. The molecule has 1 aliphatic heterocycles. The van der Waals surface area contributed by atoms with Crippen molar-refractivity contribution in [2.45, 2.75) is 38.5 Å². The van der Waals surface area contributed by atoms with Gasteiger partial charge in [-0.15, -0.1) is 0 Å². The van der Waals surface area contributed by atoms with E-state index in [1.54, 1.807) is 41.3 Å². The zero-order chi connectivity index (χ0) is 29.2. The van der Waals surface area contributed by atoms with Gasteiger partial charge in [-0.1, -0.05) is 12.1 Å².